The first-order valence-electron chi connectivity index (χ1n) is 29.2. The molecular formula is C59H114O6. The minimum Gasteiger partial charge on any atom is -0.462 e. The quantitative estimate of drug-likeness (QED) is 0.0344. The van der Waals surface area contributed by atoms with E-state index in [1.807, 2.05) is 0 Å². The van der Waals surface area contributed by atoms with Crippen molar-refractivity contribution in [3.63, 3.8) is 0 Å². The molecule has 0 aromatic heterocycles. The Morgan fingerprint density at radius 1 is 0.292 bits per heavy atom. The lowest BCUT2D eigenvalue weighted by atomic mass is 10.0. The first-order chi connectivity index (χ1) is 31.7. The maximum atomic E-state index is 12.8. The van der Waals surface area contributed by atoms with Crippen molar-refractivity contribution in [1.29, 1.82) is 0 Å². The van der Waals surface area contributed by atoms with E-state index >= 15 is 0 Å². The van der Waals surface area contributed by atoms with Crippen LogP contribution in [-0.4, -0.2) is 37.2 Å². The van der Waals surface area contributed by atoms with Gasteiger partial charge in [-0.15, -0.1) is 0 Å². The molecule has 0 aromatic rings. The van der Waals surface area contributed by atoms with Gasteiger partial charge >= 0.3 is 17.9 Å². The third kappa shape index (κ3) is 53.2. The Bertz CT molecular complexity index is 993. The summed E-state index contributed by atoms with van der Waals surface area (Å²) in [7, 11) is 0. The summed E-state index contributed by atoms with van der Waals surface area (Å²) in [4.78, 5) is 38.1. The topological polar surface area (TPSA) is 78.9 Å². The molecule has 0 amide bonds. The lowest BCUT2D eigenvalue weighted by Crippen LogP contribution is -2.30. The molecule has 65 heavy (non-hydrogen) atoms. The van der Waals surface area contributed by atoms with Crippen molar-refractivity contribution in [3.05, 3.63) is 0 Å². The van der Waals surface area contributed by atoms with E-state index in [-0.39, 0.29) is 31.1 Å². The van der Waals surface area contributed by atoms with Crippen LogP contribution in [0.4, 0.5) is 0 Å². The smallest absolute Gasteiger partial charge is 0.306 e. The fourth-order valence-electron chi connectivity index (χ4n) is 9.05. The van der Waals surface area contributed by atoms with Crippen LogP contribution in [0.3, 0.4) is 0 Å². The molecule has 0 spiro atoms. The Kier molecular flexibility index (Phi) is 50.5. The van der Waals surface area contributed by atoms with Crippen molar-refractivity contribution >= 4 is 17.9 Å². The number of carbonyl (C=O) groups excluding carboxylic acids is 3. The van der Waals surface area contributed by atoms with Gasteiger partial charge in [-0.05, 0) is 31.1 Å². The second kappa shape index (κ2) is 51.8. The van der Waals surface area contributed by atoms with Gasteiger partial charge in [0.25, 0.3) is 0 Å². The molecular weight excluding hydrogens is 805 g/mol. The number of carbonyl (C=O) groups is 3. The van der Waals surface area contributed by atoms with Crippen LogP contribution >= 0.6 is 0 Å². The Hall–Kier alpha value is -1.59. The molecule has 0 aliphatic carbocycles. The standard InChI is InChI=1S/C59H114O6/c1-6-7-8-9-10-11-12-13-14-15-16-17-18-19-24-29-34-39-44-49-57(60)63-52-56(65-59(62)51-46-41-36-31-26-21-23-28-33-38-43-48-55(4)5)53-64-58(61)50-45-40-35-30-25-20-22-27-32-37-42-47-54(2)3/h54-56H,6-53H2,1-5H3/t56-/m0/s1. The first kappa shape index (κ1) is 63.4. The maximum Gasteiger partial charge on any atom is 0.306 e. The second-order valence-electron chi connectivity index (χ2n) is 21.2. The van der Waals surface area contributed by atoms with Crippen molar-refractivity contribution in [1.82, 2.24) is 0 Å². The first-order valence-corrected chi connectivity index (χ1v) is 29.2. The van der Waals surface area contributed by atoms with Crippen LogP contribution < -0.4 is 0 Å². The van der Waals surface area contributed by atoms with Crippen LogP contribution in [0, 0.1) is 11.8 Å². The zero-order valence-corrected chi connectivity index (χ0v) is 44.6. The van der Waals surface area contributed by atoms with Crippen LogP contribution in [0.25, 0.3) is 0 Å². The van der Waals surface area contributed by atoms with Gasteiger partial charge in [-0.2, -0.15) is 0 Å². The second-order valence-corrected chi connectivity index (χ2v) is 21.2. The van der Waals surface area contributed by atoms with E-state index in [9.17, 15) is 14.4 Å². The highest BCUT2D eigenvalue weighted by atomic mass is 16.6. The summed E-state index contributed by atoms with van der Waals surface area (Å²) in [6.45, 7) is 11.4. The molecule has 0 rings (SSSR count). The third-order valence-electron chi connectivity index (χ3n) is 13.5. The minimum absolute atomic E-state index is 0.0628. The van der Waals surface area contributed by atoms with Gasteiger partial charge in [0, 0.05) is 19.3 Å². The average Bonchev–Trinajstić information content (AvgIpc) is 3.28. The Morgan fingerprint density at radius 3 is 0.754 bits per heavy atom. The summed E-state index contributed by atoms with van der Waals surface area (Å²) in [6, 6.07) is 0. The molecule has 0 fully saturated rings. The highest BCUT2D eigenvalue weighted by Gasteiger charge is 2.19. The molecule has 1 atom stereocenters. The van der Waals surface area contributed by atoms with Gasteiger partial charge in [0.2, 0.25) is 0 Å². The summed E-state index contributed by atoms with van der Waals surface area (Å²) >= 11 is 0. The fraction of sp³-hybridized carbons (Fsp3) is 0.949. The molecule has 6 nitrogen and oxygen atoms in total. The van der Waals surface area contributed by atoms with Gasteiger partial charge in [-0.3, -0.25) is 14.4 Å². The predicted octanol–water partition coefficient (Wildman–Crippen LogP) is 19.3. The van der Waals surface area contributed by atoms with Crippen molar-refractivity contribution in [2.24, 2.45) is 11.8 Å². The number of esters is 3. The van der Waals surface area contributed by atoms with Crippen LogP contribution in [0.15, 0.2) is 0 Å². The van der Waals surface area contributed by atoms with Crippen LogP contribution in [-0.2, 0) is 28.6 Å². The van der Waals surface area contributed by atoms with Crippen molar-refractivity contribution in [2.45, 2.75) is 336 Å². The molecule has 0 aromatic carbocycles. The molecule has 6 heteroatoms. The van der Waals surface area contributed by atoms with Crippen molar-refractivity contribution in [3.8, 4) is 0 Å². The van der Waals surface area contributed by atoms with E-state index in [1.54, 1.807) is 0 Å². The summed E-state index contributed by atoms with van der Waals surface area (Å²) < 4.78 is 16.9. The molecule has 0 saturated carbocycles. The molecule has 0 bridgehead atoms. The van der Waals surface area contributed by atoms with Gasteiger partial charge in [0.05, 0.1) is 0 Å². The summed E-state index contributed by atoms with van der Waals surface area (Å²) in [5.74, 6) is 0.811. The van der Waals surface area contributed by atoms with Gasteiger partial charge in [-0.25, -0.2) is 0 Å². The zero-order valence-electron chi connectivity index (χ0n) is 44.6. The van der Waals surface area contributed by atoms with Crippen LogP contribution in [0.1, 0.15) is 330 Å². The Labute approximate surface area is 406 Å². The van der Waals surface area contributed by atoms with E-state index in [4.69, 9.17) is 14.2 Å². The molecule has 0 radical (unpaired) electrons. The van der Waals surface area contributed by atoms with Crippen molar-refractivity contribution in [2.75, 3.05) is 13.2 Å². The van der Waals surface area contributed by atoms with Crippen LogP contribution in [0.2, 0.25) is 0 Å². The van der Waals surface area contributed by atoms with Crippen molar-refractivity contribution < 1.29 is 28.6 Å². The van der Waals surface area contributed by atoms with E-state index in [0.717, 1.165) is 69.6 Å². The normalized spacial score (nSPS) is 12.0. The molecule has 0 N–H and O–H groups in total. The maximum absolute atomic E-state index is 12.8. The molecule has 386 valence electrons. The van der Waals surface area contributed by atoms with E-state index in [1.165, 1.54) is 218 Å². The molecule has 0 heterocycles. The van der Waals surface area contributed by atoms with Gasteiger partial charge in [-0.1, -0.05) is 291 Å². The predicted molar refractivity (Wildman–Crippen MR) is 280 cm³/mol. The number of hydrogen-bond acceptors (Lipinski definition) is 6. The van der Waals surface area contributed by atoms with E-state index in [0.29, 0.717) is 19.3 Å². The average molecular weight is 920 g/mol. The van der Waals surface area contributed by atoms with Gasteiger partial charge in [0.1, 0.15) is 13.2 Å². The van der Waals surface area contributed by atoms with Gasteiger partial charge < -0.3 is 14.2 Å². The summed E-state index contributed by atoms with van der Waals surface area (Å²) in [5.41, 5.74) is 0. The van der Waals surface area contributed by atoms with E-state index < -0.39 is 6.10 Å². The van der Waals surface area contributed by atoms with Gasteiger partial charge in [0.15, 0.2) is 6.10 Å². The molecule has 0 unspecified atom stereocenters. The molecule has 0 saturated heterocycles. The van der Waals surface area contributed by atoms with Crippen LogP contribution in [0.5, 0.6) is 0 Å². The zero-order chi connectivity index (χ0) is 47.5. The lowest BCUT2D eigenvalue weighted by Gasteiger charge is -2.18. The minimum atomic E-state index is -0.763. The number of unbranched alkanes of at least 4 members (excludes halogenated alkanes) is 38. The summed E-state index contributed by atoms with van der Waals surface area (Å²) in [5, 5.41) is 0. The number of hydrogen-bond donors (Lipinski definition) is 0. The molecule has 0 aliphatic heterocycles. The summed E-state index contributed by atoms with van der Waals surface area (Å²) in [6.07, 6.45) is 55.3. The SMILES string of the molecule is CCCCCCCCCCCCCCCCCCCCCC(=O)OC[C@@H](COC(=O)CCCCCCCCCCCCCC(C)C)OC(=O)CCCCCCCCCCCCCC(C)C. The Balaban J connectivity index is 4.27. The largest absolute Gasteiger partial charge is 0.462 e. The number of rotatable bonds is 53. The highest BCUT2D eigenvalue weighted by Crippen LogP contribution is 2.18. The fourth-order valence-corrected chi connectivity index (χ4v) is 9.05. The monoisotopic (exact) mass is 919 g/mol. The van der Waals surface area contributed by atoms with E-state index in [2.05, 4.69) is 34.6 Å². The Morgan fingerprint density at radius 2 is 0.508 bits per heavy atom. The number of ether oxygens (including phenoxy) is 3. The lowest BCUT2D eigenvalue weighted by molar-refractivity contribution is -0.167. The third-order valence-corrected chi connectivity index (χ3v) is 13.5. The molecule has 0 aliphatic rings. The highest BCUT2D eigenvalue weighted by molar-refractivity contribution is 5.71.